The highest BCUT2D eigenvalue weighted by Crippen LogP contribution is 2.48. The molecule has 1 aliphatic heterocycles. The lowest BCUT2D eigenvalue weighted by atomic mass is 9.88. The van der Waals surface area contributed by atoms with Crippen LogP contribution in [0.15, 0.2) is 67.3 Å². The molecule has 3 rings (SSSR count). The second kappa shape index (κ2) is 7.60. The minimum absolute atomic E-state index is 0.361. The van der Waals surface area contributed by atoms with Crippen LogP contribution in [0.25, 0.3) is 11.1 Å². The van der Waals surface area contributed by atoms with Crippen molar-refractivity contribution in [3.63, 3.8) is 0 Å². The number of hydrogen-bond donors (Lipinski definition) is 2. The van der Waals surface area contributed by atoms with Crippen LogP contribution < -0.4 is 0 Å². The Morgan fingerprint density at radius 1 is 1.07 bits per heavy atom. The number of benzene rings is 2. The minimum Gasteiger partial charge on any atom is -0.480 e. The van der Waals surface area contributed by atoms with Gasteiger partial charge >= 0.3 is 12.1 Å². The van der Waals surface area contributed by atoms with Gasteiger partial charge in [0.2, 0.25) is 0 Å². The topological polar surface area (TPSA) is 112 Å². The van der Waals surface area contributed by atoms with Gasteiger partial charge in [-0.3, -0.25) is 4.90 Å². The average molecular weight is 429 g/mol. The van der Waals surface area contributed by atoms with Crippen LogP contribution in [0.3, 0.4) is 0 Å². The normalized spacial score (nSPS) is 23.8. The molecule has 0 spiro atoms. The lowest BCUT2D eigenvalue weighted by Crippen LogP contribution is -2.50. The number of rotatable bonds is 6. The third-order valence-electron chi connectivity index (χ3n) is 5.78. The van der Waals surface area contributed by atoms with Crippen LogP contribution in [-0.2, 0) is 19.4 Å². The van der Waals surface area contributed by atoms with Gasteiger partial charge in [-0.25, -0.2) is 18.0 Å². The first kappa shape index (κ1) is 21.6. The van der Waals surface area contributed by atoms with Crippen LogP contribution in [0.5, 0.6) is 0 Å². The van der Waals surface area contributed by atoms with Crippen LogP contribution in [0.2, 0.25) is 0 Å². The van der Waals surface area contributed by atoms with Crippen molar-refractivity contribution in [1.29, 1.82) is 0 Å². The van der Waals surface area contributed by atoms with Crippen molar-refractivity contribution in [3.05, 3.63) is 72.8 Å². The van der Waals surface area contributed by atoms with Crippen molar-refractivity contribution in [3.8, 4) is 11.1 Å². The third kappa shape index (κ3) is 3.37. The number of sulfone groups is 1. The summed E-state index contributed by atoms with van der Waals surface area (Å²) in [7, 11) is -3.96. The summed E-state index contributed by atoms with van der Waals surface area (Å²) < 4.78 is 24.9. The molecule has 0 saturated carbocycles. The van der Waals surface area contributed by atoms with Gasteiger partial charge in [-0.05, 0) is 23.6 Å². The molecular formula is C22H23NO6S. The van der Waals surface area contributed by atoms with E-state index in [-0.39, 0.29) is 6.42 Å². The fraction of sp³-hybridized carbons (Fsp3) is 0.273. The number of hydrogen-bond acceptors (Lipinski definition) is 4. The maximum atomic E-state index is 13.3. The molecule has 1 amide bonds. The Balaban J connectivity index is 2.17. The Morgan fingerprint density at radius 2 is 1.63 bits per heavy atom. The summed E-state index contributed by atoms with van der Waals surface area (Å²) in [6.07, 6.45) is -0.629. The largest absolute Gasteiger partial charge is 0.480 e. The van der Waals surface area contributed by atoms with E-state index in [0.29, 0.717) is 10.5 Å². The third-order valence-corrected chi connectivity index (χ3v) is 8.16. The summed E-state index contributed by atoms with van der Waals surface area (Å²) in [4.78, 5) is 24.5. The van der Waals surface area contributed by atoms with Crippen molar-refractivity contribution >= 4 is 21.9 Å². The highest BCUT2D eigenvalue weighted by Gasteiger charge is 2.62. The molecule has 0 bridgehead atoms. The van der Waals surface area contributed by atoms with E-state index in [0.717, 1.165) is 11.1 Å². The first-order chi connectivity index (χ1) is 14.1. The highest BCUT2D eigenvalue weighted by molar-refractivity contribution is 7.92. The standard InChI is InChI=1S/C22H23NO6S/c1-3-13-30(28,29)22(14-21(2,19(24)25)23(15-22)20(26)27)18-11-9-17(10-12-18)16-7-5-4-6-8-16/h3-12H,1,13-15H2,2H3,(H,24,25)(H,26,27). The van der Waals surface area contributed by atoms with E-state index in [1.54, 1.807) is 24.3 Å². The van der Waals surface area contributed by atoms with Gasteiger partial charge < -0.3 is 10.2 Å². The molecule has 2 N–H and O–H groups in total. The van der Waals surface area contributed by atoms with Crippen molar-refractivity contribution in [2.75, 3.05) is 12.3 Å². The molecule has 0 radical (unpaired) electrons. The first-order valence-corrected chi connectivity index (χ1v) is 11.0. The van der Waals surface area contributed by atoms with Crippen LogP contribution >= 0.6 is 0 Å². The van der Waals surface area contributed by atoms with Crippen molar-refractivity contribution < 1.29 is 28.2 Å². The van der Waals surface area contributed by atoms with Crippen molar-refractivity contribution in [2.24, 2.45) is 0 Å². The zero-order valence-corrected chi connectivity index (χ0v) is 17.3. The van der Waals surface area contributed by atoms with Crippen LogP contribution in [0.1, 0.15) is 18.9 Å². The second-order valence-corrected chi connectivity index (χ2v) is 9.98. The monoisotopic (exact) mass is 429 g/mol. The van der Waals surface area contributed by atoms with E-state index < -0.39 is 44.5 Å². The first-order valence-electron chi connectivity index (χ1n) is 9.30. The van der Waals surface area contributed by atoms with E-state index in [9.17, 15) is 28.2 Å². The molecule has 30 heavy (non-hydrogen) atoms. The maximum Gasteiger partial charge on any atom is 0.408 e. The van der Waals surface area contributed by atoms with Gasteiger partial charge in [-0.1, -0.05) is 60.7 Å². The van der Waals surface area contributed by atoms with Gasteiger partial charge in [0, 0.05) is 13.0 Å². The zero-order valence-electron chi connectivity index (χ0n) is 16.5. The molecule has 158 valence electrons. The highest BCUT2D eigenvalue weighted by atomic mass is 32.2. The second-order valence-electron chi connectivity index (χ2n) is 7.63. The summed E-state index contributed by atoms with van der Waals surface area (Å²) in [5.41, 5.74) is 0.295. The van der Waals surface area contributed by atoms with Gasteiger partial charge in [0.05, 0.1) is 5.75 Å². The Kier molecular flexibility index (Phi) is 5.47. The smallest absolute Gasteiger partial charge is 0.408 e. The van der Waals surface area contributed by atoms with Crippen LogP contribution in [-0.4, -0.2) is 53.4 Å². The molecule has 0 aromatic heterocycles. The van der Waals surface area contributed by atoms with Crippen LogP contribution in [0.4, 0.5) is 4.79 Å². The fourth-order valence-electron chi connectivity index (χ4n) is 4.10. The average Bonchev–Trinajstić information content (AvgIpc) is 3.06. The summed E-state index contributed by atoms with van der Waals surface area (Å²) in [5.74, 6) is -1.78. The van der Waals surface area contributed by atoms with E-state index in [4.69, 9.17) is 0 Å². The van der Waals surface area contributed by atoms with Gasteiger partial charge in [-0.15, -0.1) is 6.58 Å². The number of nitrogens with zero attached hydrogens (tertiary/aromatic N) is 1. The van der Waals surface area contributed by atoms with Gasteiger partial charge in [0.1, 0.15) is 10.3 Å². The van der Waals surface area contributed by atoms with Gasteiger partial charge in [0.15, 0.2) is 9.84 Å². The van der Waals surface area contributed by atoms with E-state index >= 15 is 0 Å². The molecule has 2 aromatic rings. The lowest BCUT2D eigenvalue weighted by Gasteiger charge is -2.29. The Labute approximate surface area is 175 Å². The predicted octanol–water partition coefficient (Wildman–Crippen LogP) is 3.38. The van der Waals surface area contributed by atoms with Gasteiger partial charge in [0.25, 0.3) is 0 Å². The molecule has 7 nitrogen and oxygen atoms in total. The summed E-state index contributed by atoms with van der Waals surface area (Å²) in [6, 6.07) is 16.3. The molecule has 2 atom stereocenters. The van der Waals surface area contributed by atoms with E-state index in [1.165, 1.54) is 13.0 Å². The van der Waals surface area contributed by atoms with Crippen LogP contribution in [0, 0.1) is 0 Å². The van der Waals surface area contributed by atoms with E-state index in [1.807, 2.05) is 30.3 Å². The Bertz CT molecular complexity index is 1080. The van der Waals surface area contributed by atoms with E-state index in [2.05, 4.69) is 6.58 Å². The molecule has 1 aliphatic rings. The number of likely N-dealkylation sites (tertiary alicyclic amines) is 1. The Hall–Kier alpha value is -3.13. The molecular weight excluding hydrogens is 406 g/mol. The number of carboxylic acids is 1. The SMILES string of the molecule is C=CCS(=O)(=O)C1(c2ccc(-c3ccccc3)cc2)CN(C(=O)O)C(C)(C(=O)O)C1. The lowest BCUT2D eigenvalue weighted by molar-refractivity contribution is -0.147. The molecule has 1 saturated heterocycles. The summed E-state index contributed by atoms with van der Waals surface area (Å²) in [6.45, 7) is 4.27. The zero-order chi connectivity index (χ0) is 22.2. The molecule has 8 heteroatoms. The molecule has 0 aliphatic carbocycles. The molecule has 1 fully saturated rings. The van der Waals surface area contributed by atoms with Gasteiger partial charge in [-0.2, -0.15) is 0 Å². The summed E-state index contributed by atoms with van der Waals surface area (Å²) in [5, 5.41) is 19.4. The summed E-state index contributed by atoms with van der Waals surface area (Å²) >= 11 is 0. The minimum atomic E-state index is -3.96. The predicted molar refractivity (Wildman–Crippen MR) is 113 cm³/mol. The van der Waals surface area contributed by atoms with Crippen molar-refractivity contribution in [2.45, 2.75) is 23.6 Å². The Morgan fingerprint density at radius 3 is 2.10 bits per heavy atom. The molecule has 2 aromatic carbocycles. The number of amides is 1. The molecule has 2 unspecified atom stereocenters. The maximum absolute atomic E-state index is 13.3. The number of carbonyl (C=O) groups is 2. The number of carboxylic acid groups (broad SMARTS) is 2. The number of aliphatic carboxylic acids is 1. The molecule has 1 heterocycles. The fourth-order valence-corrected chi connectivity index (χ4v) is 6.05. The quantitative estimate of drug-likeness (QED) is 0.681. The van der Waals surface area contributed by atoms with Crippen molar-refractivity contribution in [1.82, 2.24) is 4.90 Å².